The largest absolute Gasteiger partial charge is 0.467 e. The molecule has 0 atom stereocenters. The number of fused-ring (bicyclic) bond motifs is 1. The van der Waals surface area contributed by atoms with E-state index >= 15 is 0 Å². The first-order valence-electron chi connectivity index (χ1n) is 8.58. The van der Waals surface area contributed by atoms with Crippen LogP contribution < -0.4 is 10.1 Å². The minimum atomic E-state index is -0.299. The van der Waals surface area contributed by atoms with Crippen LogP contribution in [0.25, 0.3) is 22.2 Å². The zero-order valence-corrected chi connectivity index (χ0v) is 15.8. The summed E-state index contributed by atoms with van der Waals surface area (Å²) in [4.78, 5) is 16.6. The van der Waals surface area contributed by atoms with E-state index in [0.717, 1.165) is 27.9 Å². The molecule has 0 saturated carbocycles. The zero-order chi connectivity index (χ0) is 18.9. The Morgan fingerprint density at radius 1 is 1.23 bits per heavy atom. The molecule has 0 unspecified atom stereocenters. The van der Waals surface area contributed by atoms with Gasteiger partial charge in [0.05, 0.1) is 11.1 Å². The van der Waals surface area contributed by atoms with Crippen molar-refractivity contribution in [2.75, 3.05) is 6.61 Å². The number of benzene rings is 1. The molecule has 0 aliphatic carbocycles. The number of nitrogens with zero attached hydrogens (tertiary/aromatic N) is 3. The summed E-state index contributed by atoms with van der Waals surface area (Å²) in [5.41, 5.74) is 3.39. The molecule has 0 aliphatic rings. The molecule has 6 nitrogen and oxygen atoms in total. The van der Waals surface area contributed by atoms with E-state index in [1.807, 2.05) is 71.1 Å². The number of aryl methyl sites for hydroxylation is 2. The van der Waals surface area contributed by atoms with E-state index in [1.165, 1.54) is 0 Å². The van der Waals surface area contributed by atoms with Crippen LogP contribution >= 0.6 is 0 Å². The lowest BCUT2D eigenvalue weighted by Gasteiger charge is -2.20. The van der Waals surface area contributed by atoms with Crippen LogP contribution in [-0.4, -0.2) is 32.8 Å². The van der Waals surface area contributed by atoms with Crippen molar-refractivity contribution in [3.63, 3.8) is 0 Å². The van der Waals surface area contributed by atoms with Crippen molar-refractivity contribution in [2.45, 2.75) is 33.2 Å². The average Bonchev–Trinajstić information content (AvgIpc) is 2.86. The summed E-state index contributed by atoms with van der Waals surface area (Å²) < 4.78 is 7.42. The van der Waals surface area contributed by atoms with Gasteiger partial charge in [0.15, 0.2) is 12.3 Å². The molecule has 2 heterocycles. The third kappa shape index (κ3) is 3.85. The number of hydrogen-bond acceptors (Lipinski definition) is 4. The van der Waals surface area contributed by atoms with Gasteiger partial charge >= 0.3 is 0 Å². The van der Waals surface area contributed by atoms with Crippen molar-refractivity contribution >= 4 is 16.9 Å². The number of rotatable bonds is 4. The molecule has 0 fully saturated rings. The van der Waals surface area contributed by atoms with Gasteiger partial charge in [-0.25, -0.2) is 0 Å². The number of pyridine rings is 1. The third-order valence-electron chi connectivity index (χ3n) is 3.90. The lowest BCUT2D eigenvalue weighted by Crippen LogP contribution is -2.43. The van der Waals surface area contributed by atoms with Gasteiger partial charge in [-0.3, -0.25) is 9.48 Å². The first-order chi connectivity index (χ1) is 12.2. The molecule has 3 rings (SSSR count). The molecule has 136 valence electrons. The molecule has 1 N–H and O–H groups in total. The van der Waals surface area contributed by atoms with E-state index < -0.39 is 0 Å². The fourth-order valence-corrected chi connectivity index (χ4v) is 2.94. The smallest absolute Gasteiger partial charge is 0.258 e. The van der Waals surface area contributed by atoms with Crippen LogP contribution in [0.1, 0.15) is 26.5 Å². The van der Waals surface area contributed by atoms with Crippen LogP contribution in [0.2, 0.25) is 0 Å². The number of carbonyl (C=O) groups is 1. The Morgan fingerprint density at radius 2 is 1.92 bits per heavy atom. The molecule has 26 heavy (non-hydrogen) atoms. The van der Waals surface area contributed by atoms with Crippen LogP contribution in [0, 0.1) is 6.92 Å². The number of nitrogens with one attached hydrogen (secondary N) is 1. The fourth-order valence-electron chi connectivity index (χ4n) is 2.94. The molecule has 0 bridgehead atoms. The first-order valence-corrected chi connectivity index (χ1v) is 8.58. The average molecular weight is 352 g/mol. The second-order valence-electron chi connectivity index (χ2n) is 7.37. The summed E-state index contributed by atoms with van der Waals surface area (Å²) in [5.74, 6) is 0.227. The molecule has 0 aliphatic heterocycles. The van der Waals surface area contributed by atoms with Gasteiger partial charge < -0.3 is 10.1 Å². The maximum absolute atomic E-state index is 12.0. The normalized spacial score (nSPS) is 11.6. The van der Waals surface area contributed by atoms with E-state index in [0.29, 0.717) is 5.88 Å². The Morgan fingerprint density at radius 3 is 2.58 bits per heavy atom. The lowest BCUT2D eigenvalue weighted by molar-refractivity contribution is -0.124. The van der Waals surface area contributed by atoms with Gasteiger partial charge in [-0.2, -0.15) is 10.1 Å². The predicted octanol–water partition coefficient (Wildman–Crippen LogP) is 3.24. The van der Waals surface area contributed by atoms with Crippen LogP contribution in [0.4, 0.5) is 0 Å². The van der Waals surface area contributed by atoms with Gasteiger partial charge in [-0.15, -0.1) is 0 Å². The molecular weight excluding hydrogens is 328 g/mol. The topological polar surface area (TPSA) is 69.0 Å². The second-order valence-corrected chi connectivity index (χ2v) is 7.37. The van der Waals surface area contributed by atoms with Crippen molar-refractivity contribution in [3.8, 4) is 17.0 Å². The van der Waals surface area contributed by atoms with Crippen molar-refractivity contribution in [2.24, 2.45) is 7.05 Å². The summed E-state index contributed by atoms with van der Waals surface area (Å²) in [6.45, 7) is 7.68. The van der Waals surface area contributed by atoms with Crippen LogP contribution in [0.5, 0.6) is 5.88 Å². The highest BCUT2D eigenvalue weighted by atomic mass is 16.5. The van der Waals surface area contributed by atoms with Crippen LogP contribution in [0.15, 0.2) is 36.4 Å². The quantitative estimate of drug-likeness (QED) is 0.783. The highest BCUT2D eigenvalue weighted by Gasteiger charge is 2.17. The van der Waals surface area contributed by atoms with E-state index in [4.69, 9.17) is 4.74 Å². The summed E-state index contributed by atoms with van der Waals surface area (Å²) in [5, 5.41) is 8.35. The molecule has 2 aromatic heterocycles. The lowest BCUT2D eigenvalue weighted by atomic mass is 10.0. The Balaban J connectivity index is 1.97. The predicted molar refractivity (Wildman–Crippen MR) is 102 cm³/mol. The maximum atomic E-state index is 12.0. The molecular formula is C20H24N4O2. The number of amides is 1. The van der Waals surface area contributed by atoms with Crippen LogP contribution in [-0.2, 0) is 11.8 Å². The van der Waals surface area contributed by atoms with Crippen molar-refractivity contribution in [1.82, 2.24) is 20.1 Å². The van der Waals surface area contributed by atoms with Gasteiger partial charge in [0.25, 0.3) is 5.91 Å². The molecule has 3 aromatic rings. The van der Waals surface area contributed by atoms with Gasteiger partial charge in [0.2, 0.25) is 5.88 Å². The van der Waals surface area contributed by atoms with E-state index in [-0.39, 0.29) is 18.1 Å². The SMILES string of the molecule is Cc1nn(C)c2nc(OCC(=O)NC(C)(C)C)cc(-c3ccccc3)c12. The number of aromatic nitrogens is 3. The summed E-state index contributed by atoms with van der Waals surface area (Å²) in [6, 6.07) is 11.9. The maximum Gasteiger partial charge on any atom is 0.258 e. The van der Waals surface area contributed by atoms with Gasteiger partial charge in [-0.1, -0.05) is 30.3 Å². The number of carbonyl (C=O) groups excluding carboxylic acids is 1. The number of ether oxygens (including phenoxy) is 1. The summed E-state index contributed by atoms with van der Waals surface area (Å²) >= 11 is 0. The van der Waals surface area contributed by atoms with E-state index in [2.05, 4.69) is 15.4 Å². The van der Waals surface area contributed by atoms with Gasteiger partial charge in [0, 0.05) is 18.7 Å². The Hall–Kier alpha value is -2.89. The molecule has 1 aromatic carbocycles. The standard InChI is InChI=1S/C20H24N4O2/c1-13-18-15(14-9-7-6-8-10-14)11-17(21-19(18)24(5)23-13)26-12-16(25)22-20(2,3)4/h6-11H,12H2,1-5H3,(H,22,25). The Bertz CT molecular complexity index is 940. The van der Waals surface area contributed by atoms with Crippen molar-refractivity contribution < 1.29 is 9.53 Å². The molecule has 0 radical (unpaired) electrons. The Kier molecular flexibility index (Phi) is 4.68. The van der Waals surface area contributed by atoms with Crippen LogP contribution in [0.3, 0.4) is 0 Å². The second kappa shape index (κ2) is 6.78. The Labute approximate surface area is 153 Å². The monoisotopic (exact) mass is 352 g/mol. The first kappa shape index (κ1) is 17.9. The highest BCUT2D eigenvalue weighted by Crippen LogP contribution is 2.32. The van der Waals surface area contributed by atoms with Crippen molar-refractivity contribution in [1.29, 1.82) is 0 Å². The minimum Gasteiger partial charge on any atom is -0.467 e. The van der Waals surface area contributed by atoms with Crippen molar-refractivity contribution in [3.05, 3.63) is 42.1 Å². The third-order valence-corrected chi connectivity index (χ3v) is 3.90. The molecule has 6 heteroatoms. The summed E-state index contributed by atoms with van der Waals surface area (Å²) in [6.07, 6.45) is 0. The summed E-state index contributed by atoms with van der Waals surface area (Å²) in [7, 11) is 1.85. The fraction of sp³-hybridized carbons (Fsp3) is 0.350. The van der Waals surface area contributed by atoms with Gasteiger partial charge in [-0.05, 0) is 38.8 Å². The zero-order valence-electron chi connectivity index (χ0n) is 15.8. The minimum absolute atomic E-state index is 0.0825. The molecule has 1 amide bonds. The van der Waals surface area contributed by atoms with E-state index in [1.54, 1.807) is 4.68 Å². The van der Waals surface area contributed by atoms with Gasteiger partial charge in [0.1, 0.15) is 0 Å². The number of hydrogen-bond donors (Lipinski definition) is 1. The molecule has 0 saturated heterocycles. The molecule has 0 spiro atoms. The van der Waals surface area contributed by atoms with E-state index in [9.17, 15) is 4.79 Å². The highest BCUT2D eigenvalue weighted by molar-refractivity contribution is 5.95.